The highest BCUT2D eigenvalue weighted by Gasteiger charge is 2.48. The number of carboxylic acid groups (broad SMARTS) is 1. The summed E-state index contributed by atoms with van der Waals surface area (Å²) >= 11 is 0. The number of carbonyl (C=O) groups is 1. The first kappa shape index (κ1) is 20.9. The molecule has 3 aromatic rings. The third-order valence-corrected chi connectivity index (χ3v) is 5.85. The number of methoxy groups -OCH3 is 2. The van der Waals surface area contributed by atoms with Crippen LogP contribution in [0.1, 0.15) is 23.6 Å². The van der Waals surface area contributed by atoms with Crippen molar-refractivity contribution >= 4 is 5.97 Å². The number of hydrogen-bond donors (Lipinski definition) is 2. The molecule has 0 aromatic heterocycles. The number of rotatable bonds is 7. The van der Waals surface area contributed by atoms with Gasteiger partial charge in [0, 0.05) is 11.1 Å². The summed E-state index contributed by atoms with van der Waals surface area (Å²) in [5.74, 6) is 0.0332. The lowest BCUT2D eigenvalue weighted by Crippen LogP contribution is -2.46. The van der Waals surface area contributed by atoms with E-state index in [1.807, 2.05) is 66.7 Å². The summed E-state index contributed by atoms with van der Waals surface area (Å²) in [5.41, 5.74) is 9.60. The van der Waals surface area contributed by atoms with E-state index in [-0.39, 0.29) is 0 Å². The van der Waals surface area contributed by atoms with E-state index < -0.39 is 23.7 Å². The van der Waals surface area contributed by atoms with E-state index in [2.05, 4.69) is 0 Å². The number of aliphatic carboxylic acids is 1. The zero-order valence-corrected chi connectivity index (χ0v) is 17.7. The Balaban J connectivity index is 2.01. The highest BCUT2D eigenvalue weighted by Crippen LogP contribution is 2.54. The van der Waals surface area contributed by atoms with Gasteiger partial charge in [-0.3, -0.25) is 4.79 Å². The van der Waals surface area contributed by atoms with Gasteiger partial charge in [0.15, 0.2) is 11.5 Å². The quantitative estimate of drug-likeness (QED) is 0.605. The first-order chi connectivity index (χ1) is 14.9. The largest absolute Gasteiger partial charge is 0.493 e. The molecule has 0 saturated heterocycles. The average Bonchev–Trinajstić information content (AvgIpc) is 3.09. The van der Waals surface area contributed by atoms with Crippen LogP contribution in [-0.4, -0.2) is 37.4 Å². The normalized spacial score (nSPS) is 15.5. The maximum Gasteiger partial charge on any atom is 0.323 e. The molecule has 160 valence electrons. The molecule has 0 amide bonds. The van der Waals surface area contributed by atoms with E-state index in [0.29, 0.717) is 11.5 Å². The summed E-state index contributed by atoms with van der Waals surface area (Å²) in [6, 6.07) is 20.4. The molecule has 0 bridgehead atoms. The Morgan fingerprint density at radius 2 is 1.45 bits per heavy atom. The van der Waals surface area contributed by atoms with Crippen LogP contribution in [-0.2, 0) is 15.1 Å². The third kappa shape index (κ3) is 3.24. The standard InChI is InChI=1S/C25H25NO5/c1-15(23(26)24(27)28)31-25(16-12-13-21(29-2)22(14-16)30-3)19-10-6-4-8-17(19)18-9-5-7-11-20(18)25/h4-15,23H,26H2,1-3H3,(H,27,28)/t15?,23-/m0/s1. The van der Waals surface area contributed by atoms with Crippen LogP contribution in [0.15, 0.2) is 66.7 Å². The summed E-state index contributed by atoms with van der Waals surface area (Å²) in [5, 5.41) is 9.48. The third-order valence-electron chi connectivity index (χ3n) is 5.85. The molecule has 0 heterocycles. The minimum absolute atomic E-state index is 0.556. The lowest BCUT2D eigenvalue weighted by atomic mass is 9.83. The van der Waals surface area contributed by atoms with Crippen molar-refractivity contribution in [1.29, 1.82) is 0 Å². The van der Waals surface area contributed by atoms with Crippen LogP contribution >= 0.6 is 0 Å². The Hall–Kier alpha value is -3.35. The van der Waals surface area contributed by atoms with Crippen molar-refractivity contribution in [2.45, 2.75) is 24.7 Å². The number of nitrogens with two attached hydrogens (primary N) is 1. The fourth-order valence-electron chi connectivity index (χ4n) is 4.31. The van der Waals surface area contributed by atoms with Gasteiger partial charge in [-0.1, -0.05) is 54.6 Å². The second-order valence-electron chi connectivity index (χ2n) is 7.53. The second kappa shape index (κ2) is 8.06. The predicted octanol–water partition coefficient (Wildman–Crippen LogP) is 3.79. The van der Waals surface area contributed by atoms with Crippen molar-refractivity contribution in [3.8, 4) is 22.6 Å². The number of ether oxygens (including phenoxy) is 3. The molecule has 4 rings (SSSR count). The summed E-state index contributed by atoms with van der Waals surface area (Å²) in [7, 11) is 3.16. The summed E-state index contributed by atoms with van der Waals surface area (Å²) in [6.07, 6.45) is -0.773. The highest BCUT2D eigenvalue weighted by atomic mass is 16.5. The van der Waals surface area contributed by atoms with E-state index in [4.69, 9.17) is 19.9 Å². The first-order valence-corrected chi connectivity index (χ1v) is 10.0. The lowest BCUT2D eigenvalue weighted by Gasteiger charge is -2.36. The maximum atomic E-state index is 11.6. The fourth-order valence-corrected chi connectivity index (χ4v) is 4.31. The van der Waals surface area contributed by atoms with Crippen LogP contribution in [0.4, 0.5) is 0 Å². The van der Waals surface area contributed by atoms with Gasteiger partial charge in [-0.2, -0.15) is 0 Å². The number of benzene rings is 3. The molecule has 1 aliphatic rings. The van der Waals surface area contributed by atoms with Gasteiger partial charge in [0.05, 0.1) is 20.3 Å². The predicted molar refractivity (Wildman–Crippen MR) is 117 cm³/mol. The molecule has 3 N–H and O–H groups in total. The van der Waals surface area contributed by atoms with E-state index >= 15 is 0 Å². The molecule has 0 saturated carbocycles. The number of carboxylic acids is 1. The van der Waals surface area contributed by atoms with Crippen LogP contribution in [0.25, 0.3) is 11.1 Å². The van der Waals surface area contributed by atoms with Crippen LogP contribution < -0.4 is 15.2 Å². The van der Waals surface area contributed by atoms with Gasteiger partial charge in [0.2, 0.25) is 0 Å². The Morgan fingerprint density at radius 3 is 1.97 bits per heavy atom. The van der Waals surface area contributed by atoms with Crippen LogP contribution in [0.5, 0.6) is 11.5 Å². The number of hydrogen-bond acceptors (Lipinski definition) is 5. The Labute approximate surface area is 181 Å². The zero-order valence-electron chi connectivity index (χ0n) is 17.7. The summed E-state index contributed by atoms with van der Waals surface area (Å²) in [4.78, 5) is 11.6. The molecule has 3 aromatic carbocycles. The fraction of sp³-hybridized carbons (Fsp3) is 0.240. The zero-order chi connectivity index (χ0) is 22.2. The van der Waals surface area contributed by atoms with E-state index in [0.717, 1.165) is 27.8 Å². The maximum absolute atomic E-state index is 11.6. The monoisotopic (exact) mass is 419 g/mol. The van der Waals surface area contributed by atoms with Gasteiger partial charge in [-0.05, 0) is 35.7 Å². The SMILES string of the molecule is COc1ccc(C2(OC(C)[C@H](N)C(=O)O)c3ccccc3-c3ccccc32)cc1OC. The van der Waals surface area contributed by atoms with Gasteiger partial charge < -0.3 is 25.1 Å². The van der Waals surface area contributed by atoms with E-state index in [1.165, 1.54) is 0 Å². The lowest BCUT2D eigenvalue weighted by molar-refractivity contribution is -0.144. The Bertz CT molecular complexity index is 1080. The molecule has 6 nitrogen and oxygen atoms in total. The van der Waals surface area contributed by atoms with Gasteiger partial charge >= 0.3 is 5.97 Å². The molecule has 2 atom stereocenters. The summed E-state index contributed by atoms with van der Waals surface area (Å²) < 4.78 is 17.6. The van der Waals surface area contributed by atoms with Crippen molar-refractivity contribution in [2.24, 2.45) is 5.73 Å². The molecule has 1 aliphatic carbocycles. The van der Waals surface area contributed by atoms with E-state index in [9.17, 15) is 9.90 Å². The van der Waals surface area contributed by atoms with E-state index in [1.54, 1.807) is 21.1 Å². The van der Waals surface area contributed by atoms with Crippen LogP contribution in [0, 0.1) is 0 Å². The molecule has 6 heteroatoms. The minimum atomic E-state index is -1.18. The average molecular weight is 419 g/mol. The molecule has 0 spiro atoms. The van der Waals surface area contributed by atoms with Gasteiger partial charge in [-0.25, -0.2) is 0 Å². The molecule has 1 unspecified atom stereocenters. The van der Waals surface area contributed by atoms with Crippen molar-refractivity contribution in [1.82, 2.24) is 0 Å². The Morgan fingerprint density at radius 1 is 0.903 bits per heavy atom. The molecule has 0 radical (unpaired) electrons. The van der Waals surface area contributed by atoms with Gasteiger partial charge in [0.1, 0.15) is 11.6 Å². The highest BCUT2D eigenvalue weighted by molar-refractivity contribution is 5.82. The topological polar surface area (TPSA) is 91.0 Å². The van der Waals surface area contributed by atoms with Crippen molar-refractivity contribution < 1.29 is 24.1 Å². The van der Waals surface area contributed by atoms with Crippen LogP contribution in [0.3, 0.4) is 0 Å². The first-order valence-electron chi connectivity index (χ1n) is 10.0. The second-order valence-corrected chi connectivity index (χ2v) is 7.53. The minimum Gasteiger partial charge on any atom is -0.493 e. The van der Waals surface area contributed by atoms with Crippen LogP contribution in [0.2, 0.25) is 0 Å². The number of fused-ring (bicyclic) bond motifs is 3. The molecular formula is C25H25NO5. The smallest absolute Gasteiger partial charge is 0.323 e. The molecular weight excluding hydrogens is 394 g/mol. The van der Waals surface area contributed by atoms with Crippen molar-refractivity contribution in [2.75, 3.05) is 14.2 Å². The van der Waals surface area contributed by atoms with Gasteiger partial charge in [-0.15, -0.1) is 0 Å². The molecule has 0 fully saturated rings. The van der Waals surface area contributed by atoms with Crippen molar-refractivity contribution in [3.05, 3.63) is 83.4 Å². The molecule has 0 aliphatic heterocycles. The Kier molecular flexibility index (Phi) is 5.43. The molecule has 31 heavy (non-hydrogen) atoms. The van der Waals surface area contributed by atoms with Crippen molar-refractivity contribution in [3.63, 3.8) is 0 Å². The summed E-state index contributed by atoms with van der Waals surface area (Å²) in [6.45, 7) is 1.69. The van der Waals surface area contributed by atoms with Gasteiger partial charge in [0.25, 0.3) is 0 Å².